The number of benzene rings is 1. The second-order valence-electron chi connectivity index (χ2n) is 6.50. The number of carbonyl (C=O) groups excluding carboxylic acids is 1. The number of hydrogen-bond donors (Lipinski definition) is 2. The van der Waals surface area contributed by atoms with Crippen LogP contribution in [0.5, 0.6) is 0 Å². The van der Waals surface area contributed by atoms with E-state index in [1.54, 1.807) is 4.68 Å². The van der Waals surface area contributed by atoms with Gasteiger partial charge in [-0.3, -0.25) is 9.53 Å². The Bertz CT molecular complexity index is 720. The zero-order valence-corrected chi connectivity index (χ0v) is 15.3. The number of aryl methyl sites for hydroxylation is 1. The van der Waals surface area contributed by atoms with Gasteiger partial charge in [-0.05, 0) is 39.8 Å². The van der Waals surface area contributed by atoms with Crippen molar-refractivity contribution in [1.29, 1.82) is 0 Å². The highest BCUT2D eigenvalue weighted by atomic mass is 32.2. The number of aromatic nitrogens is 2. The van der Waals surface area contributed by atoms with E-state index >= 15 is 0 Å². The molecule has 0 aliphatic heterocycles. The van der Waals surface area contributed by atoms with Crippen molar-refractivity contribution < 1.29 is 9.00 Å². The summed E-state index contributed by atoms with van der Waals surface area (Å²) in [7, 11) is -1.12. The predicted molar refractivity (Wildman–Crippen MR) is 96.7 cm³/mol. The molecule has 130 valence electrons. The normalized spacial score (nSPS) is 12.7. The molecule has 0 fully saturated rings. The van der Waals surface area contributed by atoms with Crippen LogP contribution in [0.15, 0.2) is 41.3 Å². The zero-order chi connectivity index (χ0) is 17.7. The van der Waals surface area contributed by atoms with Crippen molar-refractivity contribution in [2.45, 2.75) is 38.1 Å². The van der Waals surface area contributed by atoms with Crippen molar-refractivity contribution in [3.8, 4) is 0 Å². The molecular formula is C17H24N4O2S. The molecule has 1 atom stereocenters. The van der Waals surface area contributed by atoms with Crippen LogP contribution in [0.3, 0.4) is 0 Å². The molecule has 0 aliphatic carbocycles. The minimum absolute atomic E-state index is 0.230. The summed E-state index contributed by atoms with van der Waals surface area (Å²) in [5.74, 6) is 1.01. The summed E-state index contributed by atoms with van der Waals surface area (Å²) in [4.78, 5) is 12.8. The highest BCUT2D eigenvalue weighted by Crippen LogP contribution is 2.20. The lowest BCUT2D eigenvalue weighted by molar-refractivity contribution is 0.252. The lowest BCUT2D eigenvalue weighted by Gasteiger charge is -2.22. The molecule has 1 heterocycles. The Morgan fingerprint density at radius 3 is 2.54 bits per heavy atom. The highest BCUT2D eigenvalue weighted by Gasteiger charge is 2.19. The number of anilines is 1. The maximum Gasteiger partial charge on any atom is 0.320 e. The van der Waals surface area contributed by atoms with Gasteiger partial charge < -0.3 is 5.32 Å². The van der Waals surface area contributed by atoms with Gasteiger partial charge in [-0.15, -0.1) is 0 Å². The Balaban J connectivity index is 1.87. The summed E-state index contributed by atoms with van der Waals surface area (Å²) in [6, 6.07) is 10.7. The molecule has 0 saturated carbocycles. The van der Waals surface area contributed by atoms with Crippen LogP contribution in [-0.4, -0.2) is 32.3 Å². The maximum atomic E-state index is 12.1. The lowest BCUT2D eigenvalue weighted by Crippen LogP contribution is -2.34. The number of urea groups is 1. The summed E-state index contributed by atoms with van der Waals surface area (Å²) in [5.41, 5.74) is 0.608. The van der Waals surface area contributed by atoms with Crippen LogP contribution >= 0.6 is 0 Å². The number of amides is 2. The lowest BCUT2D eigenvalue weighted by atomic mass is 10.1. The number of hydrogen-bond acceptors (Lipinski definition) is 3. The minimum Gasteiger partial charge on any atom is -0.337 e. The second kappa shape index (κ2) is 7.61. The first kappa shape index (κ1) is 18.2. The SMILES string of the molecule is Cc1cc(NC(=O)NCC[S@@](=O)c2ccccc2)n(C(C)(C)C)n1. The Morgan fingerprint density at radius 2 is 1.92 bits per heavy atom. The average Bonchev–Trinajstić information content (AvgIpc) is 2.88. The van der Waals surface area contributed by atoms with Gasteiger partial charge in [-0.1, -0.05) is 18.2 Å². The van der Waals surface area contributed by atoms with Crippen molar-refractivity contribution in [2.75, 3.05) is 17.6 Å². The van der Waals surface area contributed by atoms with Gasteiger partial charge in [0.25, 0.3) is 0 Å². The number of carbonyl (C=O) groups is 1. The standard InChI is InChI=1S/C17H24N4O2S/c1-13-12-15(21(20-13)17(2,3)4)19-16(22)18-10-11-24(23)14-8-6-5-7-9-14/h5-9,12H,10-11H2,1-4H3,(H2,18,19,22)/t24-/m1/s1. The Kier molecular flexibility index (Phi) is 5.77. The predicted octanol–water partition coefficient (Wildman–Crippen LogP) is 2.88. The summed E-state index contributed by atoms with van der Waals surface area (Å²) in [6.45, 7) is 8.27. The molecule has 0 radical (unpaired) electrons. The van der Waals surface area contributed by atoms with Crippen LogP contribution in [0.1, 0.15) is 26.5 Å². The third kappa shape index (κ3) is 4.92. The Morgan fingerprint density at radius 1 is 1.25 bits per heavy atom. The van der Waals surface area contributed by atoms with Crippen molar-refractivity contribution >= 4 is 22.6 Å². The fourth-order valence-electron chi connectivity index (χ4n) is 2.21. The first-order valence-corrected chi connectivity index (χ1v) is 9.14. The summed E-state index contributed by atoms with van der Waals surface area (Å²) in [5, 5.41) is 9.95. The van der Waals surface area contributed by atoms with Gasteiger partial charge in [0.05, 0.1) is 22.0 Å². The third-order valence-electron chi connectivity index (χ3n) is 3.29. The molecule has 6 nitrogen and oxygen atoms in total. The summed E-state index contributed by atoms with van der Waals surface area (Å²) in [6.07, 6.45) is 0. The van der Waals surface area contributed by atoms with Gasteiger partial charge in [0.15, 0.2) is 0 Å². The molecule has 1 aromatic heterocycles. The molecule has 0 spiro atoms. The van der Waals surface area contributed by atoms with E-state index in [2.05, 4.69) is 15.7 Å². The van der Waals surface area contributed by atoms with E-state index in [9.17, 15) is 9.00 Å². The zero-order valence-electron chi connectivity index (χ0n) is 14.5. The van der Waals surface area contributed by atoms with Crippen LogP contribution < -0.4 is 10.6 Å². The van der Waals surface area contributed by atoms with Gasteiger partial charge in [-0.25, -0.2) is 9.48 Å². The molecule has 2 rings (SSSR count). The highest BCUT2D eigenvalue weighted by molar-refractivity contribution is 7.85. The minimum atomic E-state index is -1.12. The average molecular weight is 348 g/mol. The topological polar surface area (TPSA) is 76.0 Å². The van der Waals surface area contributed by atoms with Crippen molar-refractivity contribution in [3.05, 3.63) is 42.1 Å². The fourth-order valence-corrected chi connectivity index (χ4v) is 3.19. The van der Waals surface area contributed by atoms with E-state index < -0.39 is 10.8 Å². The molecular weight excluding hydrogens is 324 g/mol. The molecule has 0 unspecified atom stereocenters. The van der Waals surface area contributed by atoms with Crippen LogP contribution in [0, 0.1) is 6.92 Å². The van der Waals surface area contributed by atoms with Crippen LogP contribution in [0.25, 0.3) is 0 Å². The number of nitrogens with zero attached hydrogens (tertiary/aromatic N) is 2. The molecule has 1 aromatic carbocycles. The molecule has 2 N–H and O–H groups in total. The molecule has 24 heavy (non-hydrogen) atoms. The van der Waals surface area contributed by atoms with E-state index in [0.717, 1.165) is 10.6 Å². The second-order valence-corrected chi connectivity index (χ2v) is 8.07. The summed E-state index contributed by atoms with van der Waals surface area (Å²) < 4.78 is 13.9. The van der Waals surface area contributed by atoms with Crippen LogP contribution in [0.2, 0.25) is 0 Å². The van der Waals surface area contributed by atoms with E-state index in [1.807, 2.05) is 64.1 Å². The first-order chi connectivity index (χ1) is 11.3. The molecule has 7 heteroatoms. The van der Waals surface area contributed by atoms with Gasteiger partial charge in [0.1, 0.15) is 5.82 Å². The van der Waals surface area contributed by atoms with Crippen molar-refractivity contribution in [1.82, 2.24) is 15.1 Å². The molecule has 2 aromatic rings. The van der Waals surface area contributed by atoms with E-state index in [4.69, 9.17) is 0 Å². The molecule has 2 amide bonds. The molecule has 0 aliphatic rings. The Labute approximate surface area is 145 Å². The van der Waals surface area contributed by atoms with E-state index in [0.29, 0.717) is 18.1 Å². The quantitative estimate of drug-likeness (QED) is 0.872. The van der Waals surface area contributed by atoms with Crippen LogP contribution in [0.4, 0.5) is 10.6 Å². The largest absolute Gasteiger partial charge is 0.337 e. The van der Waals surface area contributed by atoms with E-state index in [1.165, 1.54) is 0 Å². The van der Waals surface area contributed by atoms with Crippen LogP contribution in [-0.2, 0) is 16.3 Å². The van der Waals surface area contributed by atoms with Gasteiger partial charge >= 0.3 is 6.03 Å². The third-order valence-corrected chi connectivity index (χ3v) is 4.66. The number of rotatable bonds is 5. The van der Waals surface area contributed by atoms with Crippen molar-refractivity contribution in [2.24, 2.45) is 0 Å². The Hall–Kier alpha value is -2.15. The number of nitrogens with one attached hydrogen (secondary N) is 2. The maximum absolute atomic E-state index is 12.1. The van der Waals surface area contributed by atoms with Gasteiger partial charge in [-0.2, -0.15) is 5.10 Å². The monoisotopic (exact) mass is 348 g/mol. The fraction of sp³-hybridized carbons (Fsp3) is 0.412. The van der Waals surface area contributed by atoms with E-state index in [-0.39, 0.29) is 11.6 Å². The first-order valence-electron chi connectivity index (χ1n) is 7.83. The van der Waals surface area contributed by atoms with Gasteiger partial charge in [0, 0.05) is 23.3 Å². The molecule has 0 saturated heterocycles. The molecule has 0 bridgehead atoms. The van der Waals surface area contributed by atoms with Gasteiger partial charge in [0.2, 0.25) is 0 Å². The summed E-state index contributed by atoms with van der Waals surface area (Å²) >= 11 is 0. The van der Waals surface area contributed by atoms with Crippen molar-refractivity contribution in [3.63, 3.8) is 0 Å². The smallest absolute Gasteiger partial charge is 0.320 e.